The lowest BCUT2D eigenvalue weighted by Gasteiger charge is -2.10. The number of halogens is 1. The maximum absolute atomic E-state index is 11.7. The van der Waals surface area contributed by atoms with Crippen molar-refractivity contribution in [1.29, 1.82) is 0 Å². The van der Waals surface area contributed by atoms with E-state index in [1.54, 1.807) is 12.1 Å². The summed E-state index contributed by atoms with van der Waals surface area (Å²) in [6, 6.07) is 18.8. The van der Waals surface area contributed by atoms with Gasteiger partial charge in [-0.1, -0.05) is 54.0 Å². The number of benzene rings is 2. The number of furan rings is 1. The minimum absolute atomic E-state index is 0.0853. The molecule has 0 N–H and O–H groups in total. The number of carboxylic acids is 1. The number of nitrogens with zero attached hydrogens (tertiary/aromatic N) is 1. The van der Waals surface area contributed by atoms with E-state index in [-0.39, 0.29) is 5.56 Å². The summed E-state index contributed by atoms with van der Waals surface area (Å²) >= 11 is 3.37. The van der Waals surface area contributed by atoms with Gasteiger partial charge in [0.1, 0.15) is 11.5 Å². The number of carbonyl (C=O) groups excluding carboxylic acids is 1. The van der Waals surface area contributed by atoms with Crippen LogP contribution in [0.4, 0.5) is 0 Å². The number of carboxylic acid groups (broad SMARTS) is 1. The third kappa shape index (κ3) is 3.83. The van der Waals surface area contributed by atoms with Crippen molar-refractivity contribution < 1.29 is 14.3 Å². The number of hydrogen-bond donors (Lipinski definition) is 0. The number of aromatic nitrogens is 1. The monoisotopic (exact) mass is 448 g/mol. The van der Waals surface area contributed by atoms with Gasteiger partial charge in [-0.15, -0.1) is 0 Å². The van der Waals surface area contributed by atoms with Gasteiger partial charge in [0.2, 0.25) is 0 Å². The van der Waals surface area contributed by atoms with E-state index >= 15 is 0 Å². The van der Waals surface area contributed by atoms with Gasteiger partial charge in [-0.2, -0.15) is 0 Å². The fourth-order valence-electron chi connectivity index (χ4n) is 3.34. The SMILES string of the molecule is CCC(C)c1ccc(-c2ccc(-c3cc(C(=O)[O-])c4cc(Br)ccc4n3)o2)cc1. The predicted octanol–water partition coefficient (Wildman–Crippen LogP) is 5.80. The maximum Gasteiger partial charge on any atom is 0.153 e. The van der Waals surface area contributed by atoms with Crippen molar-refractivity contribution in [2.45, 2.75) is 26.2 Å². The molecule has 0 saturated carbocycles. The second kappa shape index (κ2) is 7.84. The fourth-order valence-corrected chi connectivity index (χ4v) is 3.70. The van der Waals surface area contributed by atoms with E-state index in [1.807, 2.05) is 30.3 Å². The van der Waals surface area contributed by atoms with Crippen molar-refractivity contribution in [2.24, 2.45) is 0 Å². The lowest BCUT2D eigenvalue weighted by atomic mass is 9.97. The Morgan fingerprint density at radius 3 is 2.48 bits per heavy atom. The third-order valence-corrected chi connectivity index (χ3v) is 5.72. The number of hydrogen-bond acceptors (Lipinski definition) is 4. The van der Waals surface area contributed by atoms with Gasteiger partial charge < -0.3 is 14.3 Å². The van der Waals surface area contributed by atoms with Crippen LogP contribution in [-0.4, -0.2) is 11.0 Å². The molecular weight excluding hydrogens is 430 g/mol. The molecule has 29 heavy (non-hydrogen) atoms. The van der Waals surface area contributed by atoms with E-state index in [0.717, 1.165) is 16.5 Å². The summed E-state index contributed by atoms with van der Waals surface area (Å²) in [6.07, 6.45) is 1.09. The molecule has 0 aliphatic heterocycles. The minimum atomic E-state index is -1.25. The van der Waals surface area contributed by atoms with Crippen LogP contribution in [0.25, 0.3) is 33.7 Å². The van der Waals surface area contributed by atoms with Gasteiger partial charge in [-0.3, -0.25) is 0 Å². The molecule has 5 heteroatoms. The van der Waals surface area contributed by atoms with E-state index in [9.17, 15) is 9.90 Å². The van der Waals surface area contributed by atoms with Crippen LogP contribution >= 0.6 is 15.9 Å². The molecule has 4 aromatic rings. The van der Waals surface area contributed by atoms with E-state index in [2.05, 4.69) is 46.9 Å². The van der Waals surface area contributed by atoms with Crippen LogP contribution < -0.4 is 5.11 Å². The smallest absolute Gasteiger partial charge is 0.153 e. The molecule has 2 aromatic carbocycles. The Balaban J connectivity index is 1.73. The Kier molecular flexibility index (Phi) is 5.24. The van der Waals surface area contributed by atoms with E-state index < -0.39 is 5.97 Å². The fraction of sp³-hybridized carbons (Fsp3) is 0.167. The van der Waals surface area contributed by atoms with Crippen LogP contribution in [0.2, 0.25) is 0 Å². The molecule has 2 heterocycles. The highest BCUT2D eigenvalue weighted by atomic mass is 79.9. The molecule has 0 aliphatic carbocycles. The first-order valence-electron chi connectivity index (χ1n) is 9.48. The third-order valence-electron chi connectivity index (χ3n) is 5.23. The van der Waals surface area contributed by atoms with Crippen LogP contribution in [0.3, 0.4) is 0 Å². The number of fused-ring (bicyclic) bond motifs is 1. The molecule has 0 fully saturated rings. The second-order valence-corrected chi connectivity index (χ2v) is 8.01. The summed E-state index contributed by atoms with van der Waals surface area (Å²) < 4.78 is 6.79. The van der Waals surface area contributed by atoms with E-state index in [1.165, 1.54) is 11.6 Å². The molecule has 0 bridgehead atoms. The van der Waals surface area contributed by atoms with Gasteiger partial charge in [-0.25, -0.2) is 4.98 Å². The molecule has 4 nitrogen and oxygen atoms in total. The van der Waals surface area contributed by atoms with Gasteiger partial charge in [0, 0.05) is 21.0 Å². The van der Waals surface area contributed by atoms with Crippen LogP contribution in [0.15, 0.2) is 69.6 Å². The molecule has 0 amide bonds. The Morgan fingerprint density at radius 2 is 1.79 bits per heavy atom. The number of rotatable bonds is 5. The number of pyridine rings is 1. The standard InChI is InChI=1S/C24H20BrNO3/c1-3-14(2)15-4-6-16(7-5-15)22-10-11-23(29-22)21-13-19(24(27)28)18-12-17(25)8-9-20(18)26-21/h4-14H,3H2,1-2H3,(H,27,28)/p-1. The summed E-state index contributed by atoms with van der Waals surface area (Å²) in [5, 5.41) is 12.2. The summed E-state index contributed by atoms with van der Waals surface area (Å²) in [4.78, 5) is 16.2. The van der Waals surface area contributed by atoms with Crippen molar-refractivity contribution in [3.05, 3.63) is 76.3 Å². The number of aromatic carboxylic acids is 1. The zero-order valence-electron chi connectivity index (χ0n) is 16.1. The van der Waals surface area contributed by atoms with Crippen molar-refractivity contribution >= 4 is 32.8 Å². The molecule has 0 spiro atoms. The first-order chi connectivity index (χ1) is 14.0. The molecular formula is C24H19BrNO3-. The Morgan fingerprint density at radius 1 is 1.07 bits per heavy atom. The lowest BCUT2D eigenvalue weighted by molar-refractivity contribution is -0.254. The highest BCUT2D eigenvalue weighted by Crippen LogP contribution is 2.31. The van der Waals surface area contributed by atoms with Gasteiger partial charge in [0.25, 0.3) is 0 Å². The van der Waals surface area contributed by atoms with Gasteiger partial charge in [0.15, 0.2) is 5.76 Å². The molecule has 0 saturated heterocycles. The maximum atomic E-state index is 11.7. The van der Waals surface area contributed by atoms with E-state index in [0.29, 0.717) is 34.0 Å². The minimum Gasteiger partial charge on any atom is -0.545 e. The van der Waals surface area contributed by atoms with Crippen molar-refractivity contribution in [1.82, 2.24) is 4.98 Å². The molecule has 1 atom stereocenters. The Hall–Kier alpha value is -2.92. The van der Waals surface area contributed by atoms with Crippen LogP contribution in [-0.2, 0) is 0 Å². The Bertz CT molecular complexity index is 1190. The molecule has 2 aromatic heterocycles. The van der Waals surface area contributed by atoms with Crippen molar-refractivity contribution in [3.8, 4) is 22.8 Å². The zero-order chi connectivity index (χ0) is 20.5. The van der Waals surface area contributed by atoms with Crippen LogP contribution in [0.5, 0.6) is 0 Å². The molecule has 146 valence electrons. The molecule has 4 rings (SSSR count). The van der Waals surface area contributed by atoms with Crippen LogP contribution in [0, 0.1) is 0 Å². The molecule has 1 unspecified atom stereocenters. The van der Waals surface area contributed by atoms with Crippen molar-refractivity contribution in [2.75, 3.05) is 0 Å². The average Bonchev–Trinajstić information content (AvgIpc) is 3.22. The van der Waals surface area contributed by atoms with E-state index in [4.69, 9.17) is 4.42 Å². The largest absolute Gasteiger partial charge is 0.545 e. The van der Waals surface area contributed by atoms with Crippen LogP contribution in [0.1, 0.15) is 42.1 Å². The summed E-state index contributed by atoms with van der Waals surface area (Å²) in [6.45, 7) is 4.38. The zero-order valence-corrected chi connectivity index (χ0v) is 17.7. The molecule has 0 radical (unpaired) electrons. The second-order valence-electron chi connectivity index (χ2n) is 7.10. The summed E-state index contributed by atoms with van der Waals surface area (Å²) in [5.74, 6) is 0.493. The first-order valence-corrected chi connectivity index (χ1v) is 10.3. The predicted molar refractivity (Wildman–Crippen MR) is 116 cm³/mol. The normalized spacial score (nSPS) is 12.2. The quantitative estimate of drug-likeness (QED) is 0.386. The first kappa shape index (κ1) is 19.4. The Labute approximate surface area is 177 Å². The highest BCUT2D eigenvalue weighted by Gasteiger charge is 2.13. The number of carbonyl (C=O) groups is 1. The summed E-state index contributed by atoms with van der Waals surface area (Å²) in [7, 11) is 0. The summed E-state index contributed by atoms with van der Waals surface area (Å²) in [5.41, 5.74) is 3.38. The van der Waals surface area contributed by atoms with Crippen molar-refractivity contribution in [3.63, 3.8) is 0 Å². The topological polar surface area (TPSA) is 66.2 Å². The molecule has 0 aliphatic rings. The lowest BCUT2D eigenvalue weighted by Crippen LogP contribution is -2.22. The average molecular weight is 449 g/mol. The van der Waals surface area contributed by atoms with Gasteiger partial charge in [0.05, 0.1) is 11.5 Å². The van der Waals surface area contributed by atoms with Gasteiger partial charge >= 0.3 is 0 Å². The highest BCUT2D eigenvalue weighted by molar-refractivity contribution is 9.10. The van der Waals surface area contributed by atoms with Gasteiger partial charge in [-0.05, 0) is 54.3 Å².